The molecule has 0 spiro atoms. The van der Waals surface area contributed by atoms with Crippen LogP contribution in [0.25, 0.3) is 11.1 Å². The Hall–Kier alpha value is -3.26. The van der Waals surface area contributed by atoms with Crippen molar-refractivity contribution in [2.75, 3.05) is 18.5 Å². The van der Waals surface area contributed by atoms with Crippen LogP contribution in [0.15, 0.2) is 41.2 Å². The third-order valence-electron chi connectivity index (χ3n) is 5.54. The molecule has 2 aromatic heterocycles. The number of rotatable bonds is 7. The monoisotopic (exact) mass is 438 g/mol. The van der Waals surface area contributed by atoms with E-state index in [2.05, 4.69) is 20.8 Å². The van der Waals surface area contributed by atoms with Gasteiger partial charge in [-0.25, -0.2) is 4.39 Å². The first-order valence-electron chi connectivity index (χ1n) is 10.8. The topological polar surface area (TPSA) is 89.3 Å². The number of aromatic nitrogens is 2. The van der Waals surface area contributed by atoms with Crippen LogP contribution in [-0.2, 0) is 11.2 Å². The Morgan fingerprint density at radius 3 is 2.88 bits per heavy atom. The van der Waals surface area contributed by atoms with Crippen LogP contribution >= 0.6 is 0 Å². The lowest BCUT2D eigenvalue weighted by molar-refractivity contribution is -0.115. The van der Waals surface area contributed by atoms with E-state index in [1.54, 1.807) is 6.07 Å². The zero-order valence-corrected chi connectivity index (χ0v) is 18.3. The number of carbonyl (C=O) groups excluding carboxylic acids is 1. The summed E-state index contributed by atoms with van der Waals surface area (Å²) < 4.78 is 24.9. The van der Waals surface area contributed by atoms with Crippen molar-refractivity contribution >= 4 is 11.6 Å². The lowest BCUT2D eigenvalue weighted by Gasteiger charge is -2.24. The molecule has 1 aromatic carbocycles. The minimum Gasteiger partial charge on any atom is -0.491 e. The summed E-state index contributed by atoms with van der Waals surface area (Å²) in [6, 6.07) is 7.13. The number of pyridine rings is 1. The first-order chi connectivity index (χ1) is 15.5. The van der Waals surface area contributed by atoms with Gasteiger partial charge < -0.3 is 19.9 Å². The predicted molar refractivity (Wildman–Crippen MR) is 119 cm³/mol. The maximum Gasteiger partial charge on any atom is 0.228 e. The van der Waals surface area contributed by atoms with Crippen molar-refractivity contribution < 1.29 is 18.4 Å². The number of ether oxygens (including phenoxy) is 1. The first-order valence-corrected chi connectivity index (χ1v) is 10.8. The molecular weight excluding hydrogens is 411 g/mol. The molecule has 4 rings (SSSR count). The Bertz CT molecular complexity index is 1070. The van der Waals surface area contributed by atoms with Crippen LogP contribution in [0.1, 0.15) is 36.3 Å². The summed E-state index contributed by atoms with van der Waals surface area (Å²) in [6.45, 7) is 5.30. The Morgan fingerprint density at radius 2 is 2.16 bits per heavy atom. The van der Waals surface area contributed by atoms with E-state index >= 15 is 0 Å². The fourth-order valence-electron chi connectivity index (χ4n) is 4.00. The molecule has 168 valence electrons. The largest absolute Gasteiger partial charge is 0.491 e. The molecule has 3 heterocycles. The fraction of sp³-hybridized carbons (Fsp3) is 0.375. The summed E-state index contributed by atoms with van der Waals surface area (Å²) >= 11 is 0. The second-order valence-corrected chi connectivity index (χ2v) is 8.10. The molecule has 0 aliphatic carbocycles. The van der Waals surface area contributed by atoms with E-state index in [0.29, 0.717) is 35.4 Å². The summed E-state index contributed by atoms with van der Waals surface area (Å²) in [7, 11) is 0. The van der Waals surface area contributed by atoms with Gasteiger partial charge >= 0.3 is 0 Å². The number of piperidine rings is 1. The molecule has 7 nitrogen and oxygen atoms in total. The van der Waals surface area contributed by atoms with Crippen LogP contribution in [0.5, 0.6) is 5.75 Å². The molecule has 0 saturated carbocycles. The molecule has 0 bridgehead atoms. The van der Waals surface area contributed by atoms with Crippen molar-refractivity contribution in [1.82, 2.24) is 15.5 Å². The van der Waals surface area contributed by atoms with Gasteiger partial charge in [0.25, 0.3) is 0 Å². The second-order valence-electron chi connectivity index (χ2n) is 8.10. The molecule has 1 unspecified atom stereocenters. The van der Waals surface area contributed by atoms with Gasteiger partial charge in [-0.1, -0.05) is 11.6 Å². The van der Waals surface area contributed by atoms with E-state index in [1.807, 2.05) is 26.0 Å². The number of benzene rings is 1. The Morgan fingerprint density at radius 1 is 1.28 bits per heavy atom. The number of hydrogen-bond donors (Lipinski definition) is 2. The number of amides is 1. The van der Waals surface area contributed by atoms with Gasteiger partial charge in [0.1, 0.15) is 23.9 Å². The summed E-state index contributed by atoms with van der Waals surface area (Å²) in [5.74, 6) is 0.656. The second kappa shape index (κ2) is 9.91. The van der Waals surface area contributed by atoms with Crippen molar-refractivity contribution in [3.63, 3.8) is 0 Å². The van der Waals surface area contributed by atoms with E-state index in [4.69, 9.17) is 9.26 Å². The van der Waals surface area contributed by atoms with Gasteiger partial charge in [0.15, 0.2) is 0 Å². The van der Waals surface area contributed by atoms with Crippen LogP contribution in [0.3, 0.4) is 0 Å². The van der Waals surface area contributed by atoms with Gasteiger partial charge in [-0.2, -0.15) is 0 Å². The number of nitrogens with one attached hydrogen (secondary N) is 2. The van der Waals surface area contributed by atoms with Gasteiger partial charge in [-0.3, -0.25) is 9.78 Å². The highest BCUT2D eigenvalue weighted by Gasteiger charge is 2.19. The van der Waals surface area contributed by atoms with Gasteiger partial charge in [-0.05, 0) is 63.1 Å². The Labute approximate surface area is 186 Å². The van der Waals surface area contributed by atoms with Gasteiger partial charge in [0.05, 0.1) is 23.9 Å². The smallest absolute Gasteiger partial charge is 0.228 e. The minimum absolute atomic E-state index is 0.0248. The fourth-order valence-corrected chi connectivity index (χ4v) is 4.00. The molecule has 0 radical (unpaired) electrons. The minimum atomic E-state index is -0.468. The third-order valence-corrected chi connectivity index (χ3v) is 5.54. The highest BCUT2D eigenvalue weighted by Crippen LogP contribution is 2.37. The summed E-state index contributed by atoms with van der Waals surface area (Å²) in [5, 5.41) is 10.4. The molecule has 1 fully saturated rings. The quantitative estimate of drug-likeness (QED) is 0.575. The number of anilines is 1. The van der Waals surface area contributed by atoms with Gasteiger partial charge in [0, 0.05) is 23.5 Å². The summed E-state index contributed by atoms with van der Waals surface area (Å²) in [5.41, 5.74) is 3.52. The summed E-state index contributed by atoms with van der Waals surface area (Å²) in [4.78, 5) is 16.3. The molecular formula is C24H27FN4O3. The van der Waals surface area contributed by atoms with E-state index in [-0.39, 0.29) is 12.3 Å². The zero-order valence-electron chi connectivity index (χ0n) is 18.3. The van der Waals surface area contributed by atoms with Crippen LogP contribution in [0.4, 0.5) is 10.1 Å². The number of aryl methyl sites for hydroxylation is 2. The number of hydrogen-bond acceptors (Lipinski definition) is 6. The molecule has 1 saturated heterocycles. The molecule has 3 aromatic rings. The average Bonchev–Trinajstić information content (AvgIpc) is 3.11. The molecule has 1 amide bonds. The summed E-state index contributed by atoms with van der Waals surface area (Å²) in [6.07, 6.45) is 6.10. The first kappa shape index (κ1) is 22.0. The van der Waals surface area contributed by atoms with Gasteiger partial charge in [0.2, 0.25) is 5.91 Å². The number of nitrogens with zero attached hydrogens (tertiary/aromatic N) is 2. The molecule has 8 heteroatoms. The van der Waals surface area contributed by atoms with Crippen molar-refractivity contribution in [3.8, 4) is 16.9 Å². The normalized spacial score (nSPS) is 16.0. The molecule has 32 heavy (non-hydrogen) atoms. The SMILES string of the molecule is Cc1noc(C)c1-c1cc(NC(=O)Cc2cncc(F)c2)ccc1OCC1CCCCN1. The highest BCUT2D eigenvalue weighted by molar-refractivity contribution is 5.93. The van der Waals surface area contributed by atoms with Crippen molar-refractivity contribution in [1.29, 1.82) is 0 Å². The molecule has 1 atom stereocenters. The molecule has 1 aliphatic rings. The maximum atomic E-state index is 13.4. The van der Waals surface area contributed by atoms with Crippen LogP contribution in [0.2, 0.25) is 0 Å². The average molecular weight is 439 g/mol. The van der Waals surface area contributed by atoms with E-state index in [0.717, 1.165) is 36.0 Å². The maximum absolute atomic E-state index is 13.4. The Kier molecular flexibility index (Phi) is 6.80. The van der Waals surface area contributed by atoms with Crippen molar-refractivity contribution in [2.45, 2.75) is 45.6 Å². The molecule has 2 N–H and O–H groups in total. The Balaban J connectivity index is 1.54. The zero-order chi connectivity index (χ0) is 22.5. The molecule has 1 aliphatic heterocycles. The van der Waals surface area contributed by atoms with Crippen LogP contribution in [-0.4, -0.2) is 35.2 Å². The number of halogens is 1. The number of carbonyl (C=O) groups is 1. The predicted octanol–water partition coefficient (Wildman–Crippen LogP) is 4.19. The lowest BCUT2D eigenvalue weighted by Crippen LogP contribution is -2.38. The standard InChI is InChI=1S/C24H27FN4O3/c1-15-24(16(2)32-29-15)21-11-19(28-23(30)10-17-9-18(25)13-26-12-17)6-7-22(21)31-14-20-5-3-4-8-27-20/h6-7,9,11-13,20,27H,3-5,8,10,14H2,1-2H3,(H,28,30). The van der Waals surface area contributed by atoms with Crippen molar-refractivity contribution in [2.24, 2.45) is 0 Å². The highest BCUT2D eigenvalue weighted by atomic mass is 19.1. The third kappa shape index (κ3) is 5.31. The van der Waals surface area contributed by atoms with E-state index in [1.165, 1.54) is 25.1 Å². The lowest BCUT2D eigenvalue weighted by atomic mass is 10.0. The van der Waals surface area contributed by atoms with Crippen molar-refractivity contribution in [3.05, 3.63) is 59.5 Å². The van der Waals surface area contributed by atoms with Gasteiger partial charge in [-0.15, -0.1) is 0 Å². The van der Waals surface area contributed by atoms with E-state index < -0.39 is 5.82 Å². The van der Waals surface area contributed by atoms with Crippen LogP contribution in [0, 0.1) is 19.7 Å². The van der Waals surface area contributed by atoms with Crippen LogP contribution < -0.4 is 15.4 Å². The van der Waals surface area contributed by atoms with E-state index in [9.17, 15) is 9.18 Å².